The summed E-state index contributed by atoms with van der Waals surface area (Å²) in [5.74, 6) is 0.469. The first kappa shape index (κ1) is 16.9. The van der Waals surface area contributed by atoms with E-state index in [1.807, 2.05) is 0 Å². The minimum Gasteiger partial charge on any atom is -0.267 e. The predicted molar refractivity (Wildman–Crippen MR) is 88.5 cm³/mol. The third-order valence-corrected chi connectivity index (χ3v) is 5.92. The second-order valence-electron chi connectivity index (χ2n) is 6.35. The van der Waals surface area contributed by atoms with Gasteiger partial charge in [-0.25, -0.2) is 13.4 Å². The van der Waals surface area contributed by atoms with E-state index in [1.54, 1.807) is 19.1 Å². The number of hydrogen-bond acceptors (Lipinski definition) is 3. The van der Waals surface area contributed by atoms with Gasteiger partial charge in [-0.2, -0.15) is 0 Å². The normalized spacial score (nSPS) is 22.3. The van der Waals surface area contributed by atoms with E-state index in [0.29, 0.717) is 21.9 Å². The highest BCUT2D eigenvalue weighted by atomic mass is 32.2. The number of carbonyl (C=O) groups is 1. The summed E-state index contributed by atoms with van der Waals surface area (Å²) in [6.07, 6.45) is 5.43. The lowest BCUT2D eigenvalue weighted by Gasteiger charge is -2.28. The molecule has 1 amide bonds. The molecule has 1 aliphatic carbocycles. The van der Waals surface area contributed by atoms with E-state index in [0.717, 1.165) is 31.2 Å². The van der Waals surface area contributed by atoms with Crippen molar-refractivity contribution in [2.45, 2.75) is 50.3 Å². The molecule has 0 aromatic heterocycles. The largest absolute Gasteiger partial charge is 0.276 e. The number of hydrogen-bond donors (Lipinski definition) is 0. The van der Waals surface area contributed by atoms with Crippen LogP contribution in [0.15, 0.2) is 22.0 Å². The lowest BCUT2D eigenvalue weighted by atomic mass is 9.79. The third kappa shape index (κ3) is 3.29. The van der Waals surface area contributed by atoms with Gasteiger partial charge < -0.3 is 0 Å². The van der Waals surface area contributed by atoms with Gasteiger partial charge in [0.15, 0.2) is 9.84 Å². The Morgan fingerprint density at radius 1 is 1.23 bits per heavy atom. The van der Waals surface area contributed by atoms with E-state index in [9.17, 15) is 13.2 Å². The molecule has 22 heavy (non-hydrogen) atoms. The third-order valence-electron chi connectivity index (χ3n) is 4.64. The number of rotatable bonds is 3. The van der Waals surface area contributed by atoms with Gasteiger partial charge in [0.05, 0.1) is 4.90 Å². The number of benzene rings is 1. The van der Waals surface area contributed by atoms with Crippen LogP contribution in [0.1, 0.15) is 60.0 Å². The molecule has 0 saturated heterocycles. The van der Waals surface area contributed by atoms with Crippen molar-refractivity contribution in [3.05, 3.63) is 28.8 Å². The van der Waals surface area contributed by atoms with Crippen LogP contribution in [0.4, 0.5) is 0 Å². The standard InChI is InChI=1S/C17H23NO3S/c1-11-5-7-13(8-6-11)15-10-9-14(17(19)18-3)12(2)16(15)22(4,20)21/h9-11,13H,3,5-8H2,1-2,4H3. The van der Waals surface area contributed by atoms with Crippen molar-refractivity contribution in [3.63, 3.8) is 0 Å². The van der Waals surface area contributed by atoms with E-state index in [2.05, 4.69) is 18.6 Å². The van der Waals surface area contributed by atoms with Gasteiger partial charge in [-0.3, -0.25) is 4.79 Å². The molecule has 0 N–H and O–H groups in total. The van der Waals surface area contributed by atoms with Crippen molar-refractivity contribution in [1.29, 1.82) is 0 Å². The van der Waals surface area contributed by atoms with E-state index >= 15 is 0 Å². The second-order valence-corrected chi connectivity index (χ2v) is 8.30. The molecule has 5 heteroatoms. The summed E-state index contributed by atoms with van der Waals surface area (Å²) < 4.78 is 24.6. The first-order valence-corrected chi connectivity index (χ1v) is 9.49. The van der Waals surface area contributed by atoms with Gasteiger partial charge in [0.2, 0.25) is 0 Å². The van der Waals surface area contributed by atoms with Crippen LogP contribution in [-0.2, 0) is 9.84 Å². The fourth-order valence-electron chi connectivity index (χ4n) is 3.41. The topological polar surface area (TPSA) is 63.6 Å². The predicted octanol–water partition coefficient (Wildman–Crippen LogP) is 3.53. The van der Waals surface area contributed by atoms with Gasteiger partial charge in [0.1, 0.15) is 0 Å². The number of sulfone groups is 1. The molecule has 0 radical (unpaired) electrons. The Morgan fingerprint density at radius 3 is 2.32 bits per heavy atom. The second kappa shape index (κ2) is 6.32. The quantitative estimate of drug-likeness (QED) is 0.800. The van der Waals surface area contributed by atoms with Crippen LogP contribution >= 0.6 is 0 Å². The lowest BCUT2D eigenvalue weighted by Crippen LogP contribution is -2.16. The van der Waals surface area contributed by atoms with Crippen LogP contribution in [0.5, 0.6) is 0 Å². The van der Waals surface area contributed by atoms with Crippen LogP contribution in [0.2, 0.25) is 0 Å². The van der Waals surface area contributed by atoms with Gasteiger partial charge in [-0.15, -0.1) is 0 Å². The summed E-state index contributed by atoms with van der Waals surface area (Å²) in [5, 5.41) is 0. The summed E-state index contributed by atoms with van der Waals surface area (Å²) in [5.41, 5.74) is 1.67. The Morgan fingerprint density at radius 2 is 1.82 bits per heavy atom. The average Bonchev–Trinajstić information content (AvgIpc) is 2.45. The average molecular weight is 321 g/mol. The maximum atomic E-state index is 12.3. The summed E-state index contributed by atoms with van der Waals surface area (Å²) in [6, 6.07) is 3.48. The van der Waals surface area contributed by atoms with Crippen LogP contribution in [0, 0.1) is 12.8 Å². The maximum absolute atomic E-state index is 12.3. The zero-order chi connectivity index (χ0) is 16.5. The summed E-state index contributed by atoms with van der Waals surface area (Å²) in [6.45, 7) is 7.16. The zero-order valence-electron chi connectivity index (χ0n) is 13.4. The van der Waals surface area contributed by atoms with Crippen molar-refractivity contribution >= 4 is 22.5 Å². The number of aliphatic imine (C=N–C) groups is 1. The minimum absolute atomic E-state index is 0.250. The highest BCUT2D eigenvalue weighted by molar-refractivity contribution is 7.90. The van der Waals surface area contributed by atoms with Gasteiger partial charge in [-0.05, 0) is 55.5 Å². The molecule has 1 aromatic carbocycles. The molecule has 4 nitrogen and oxygen atoms in total. The van der Waals surface area contributed by atoms with Crippen LogP contribution in [-0.4, -0.2) is 27.3 Å². The molecule has 120 valence electrons. The van der Waals surface area contributed by atoms with Crippen molar-refractivity contribution < 1.29 is 13.2 Å². The molecule has 0 bridgehead atoms. The fourth-order valence-corrected chi connectivity index (χ4v) is 4.74. The molecule has 1 aliphatic rings. The van der Waals surface area contributed by atoms with Crippen LogP contribution in [0.3, 0.4) is 0 Å². The van der Waals surface area contributed by atoms with Crippen molar-refractivity contribution in [3.8, 4) is 0 Å². The molecule has 0 atom stereocenters. The molecule has 2 rings (SSSR count). The zero-order valence-corrected chi connectivity index (χ0v) is 14.2. The highest BCUT2D eigenvalue weighted by Gasteiger charge is 2.28. The molecular weight excluding hydrogens is 298 g/mol. The summed E-state index contributed by atoms with van der Waals surface area (Å²) in [7, 11) is -3.41. The Hall–Kier alpha value is -1.49. The van der Waals surface area contributed by atoms with Gasteiger partial charge in [-0.1, -0.05) is 25.8 Å². The Labute approximate surface area is 132 Å². The Kier molecular flexibility index (Phi) is 4.85. The van der Waals surface area contributed by atoms with E-state index < -0.39 is 15.7 Å². The van der Waals surface area contributed by atoms with Crippen LogP contribution < -0.4 is 0 Å². The molecule has 1 fully saturated rings. The van der Waals surface area contributed by atoms with E-state index in [-0.39, 0.29) is 5.92 Å². The molecule has 1 saturated carbocycles. The fraction of sp³-hybridized carbons (Fsp3) is 0.529. The monoisotopic (exact) mass is 321 g/mol. The summed E-state index contributed by atoms with van der Waals surface area (Å²) in [4.78, 5) is 15.5. The Balaban J connectivity index is 2.58. The number of carbonyl (C=O) groups excluding carboxylic acids is 1. The van der Waals surface area contributed by atoms with Crippen molar-refractivity contribution in [2.75, 3.05) is 6.26 Å². The van der Waals surface area contributed by atoms with Crippen molar-refractivity contribution in [1.82, 2.24) is 0 Å². The number of nitrogens with zero attached hydrogens (tertiary/aromatic N) is 1. The highest BCUT2D eigenvalue weighted by Crippen LogP contribution is 2.39. The molecule has 0 unspecified atom stereocenters. The molecule has 1 aromatic rings. The minimum atomic E-state index is -3.41. The SMILES string of the molecule is C=NC(=O)c1ccc(C2CCC(C)CC2)c(S(C)(=O)=O)c1C. The van der Waals surface area contributed by atoms with Crippen molar-refractivity contribution in [2.24, 2.45) is 10.9 Å². The lowest BCUT2D eigenvalue weighted by molar-refractivity contribution is 0.100. The first-order chi connectivity index (χ1) is 10.3. The van der Waals surface area contributed by atoms with Gasteiger partial charge in [0, 0.05) is 11.8 Å². The molecule has 0 heterocycles. The maximum Gasteiger partial charge on any atom is 0.276 e. The number of amides is 1. The summed E-state index contributed by atoms with van der Waals surface area (Å²) >= 11 is 0. The Bertz CT molecular complexity index is 699. The van der Waals surface area contributed by atoms with Gasteiger partial charge >= 0.3 is 0 Å². The van der Waals surface area contributed by atoms with Crippen LogP contribution in [0.25, 0.3) is 0 Å². The smallest absolute Gasteiger partial charge is 0.267 e. The first-order valence-electron chi connectivity index (χ1n) is 7.60. The molecular formula is C17H23NO3S. The molecule has 0 aliphatic heterocycles. The van der Waals surface area contributed by atoms with E-state index in [4.69, 9.17) is 0 Å². The molecule has 0 spiro atoms. The van der Waals surface area contributed by atoms with Gasteiger partial charge in [0.25, 0.3) is 5.91 Å². The van der Waals surface area contributed by atoms with E-state index in [1.165, 1.54) is 6.26 Å².